The Hall–Kier alpha value is -0.110. The number of alkyl halides is 3. The Morgan fingerprint density at radius 1 is 1.09 bits per heavy atom. The van der Waals surface area contributed by atoms with Gasteiger partial charge < -0.3 is 0 Å². The van der Waals surface area contributed by atoms with Crippen LogP contribution in [0, 0.1) is 0 Å². The molecule has 1 aromatic carbocycles. The van der Waals surface area contributed by atoms with Gasteiger partial charge in [0.25, 0.3) is 0 Å². The summed E-state index contributed by atoms with van der Waals surface area (Å²) in [6, 6.07) is 6.10. The van der Waals surface area contributed by atoms with Crippen LogP contribution in [-0.4, -0.2) is 0 Å². The van der Waals surface area contributed by atoms with Crippen LogP contribution in [0.25, 0.3) is 0 Å². The number of hydrogen-bond acceptors (Lipinski definition) is 0. The zero-order valence-corrected chi connectivity index (χ0v) is 7.62. The standard InChI is InChI=1S/C7H4Cl3O/c8-7(9,10)5-3-1-2-4-6(5)11/h1-4H. The first kappa shape index (κ1) is 8.98. The highest BCUT2D eigenvalue weighted by Gasteiger charge is 2.26. The van der Waals surface area contributed by atoms with Crippen LogP contribution in [0.5, 0.6) is 5.75 Å². The zero-order valence-electron chi connectivity index (χ0n) is 5.35. The number of benzene rings is 1. The fourth-order valence-electron chi connectivity index (χ4n) is 0.701. The van der Waals surface area contributed by atoms with Crippen molar-refractivity contribution in [2.24, 2.45) is 0 Å². The first-order chi connectivity index (χ1) is 5.02. The first-order valence-electron chi connectivity index (χ1n) is 2.85. The molecule has 0 aliphatic rings. The zero-order chi connectivity index (χ0) is 8.48. The second-order valence-electron chi connectivity index (χ2n) is 1.99. The van der Waals surface area contributed by atoms with Crippen molar-refractivity contribution >= 4 is 34.8 Å². The summed E-state index contributed by atoms with van der Waals surface area (Å²) in [7, 11) is 0. The van der Waals surface area contributed by atoms with Gasteiger partial charge in [0.2, 0.25) is 3.79 Å². The molecule has 1 radical (unpaired) electrons. The molecule has 1 nitrogen and oxygen atoms in total. The average Bonchev–Trinajstić information content (AvgIpc) is 1.86. The van der Waals surface area contributed by atoms with Crippen LogP contribution in [0.1, 0.15) is 5.56 Å². The van der Waals surface area contributed by atoms with E-state index in [2.05, 4.69) is 0 Å². The molecule has 0 unspecified atom stereocenters. The maximum Gasteiger partial charge on any atom is 0.219 e. The summed E-state index contributed by atoms with van der Waals surface area (Å²) in [6.45, 7) is 0. The maximum atomic E-state index is 11.0. The molecule has 1 aromatic rings. The molecule has 0 fully saturated rings. The van der Waals surface area contributed by atoms with Gasteiger partial charge in [0, 0.05) is 0 Å². The van der Waals surface area contributed by atoms with Crippen molar-refractivity contribution in [3.63, 3.8) is 0 Å². The Labute approximate surface area is 79.5 Å². The molecule has 0 spiro atoms. The third kappa shape index (κ3) is 2.16. The van der Waals surface area contributed by atoms with Gasteiger partial charge in [-0.05, 0) is 6.07 Å². The summed E-state index contributed by atoms with van der Waals surface area (Å²) in [5, 5.41) is 11.0. The molecule has 0 atom stereocenters. The molecule has 0 aliphatic carbocycles. The average molecular weight is 210 g/mol. The lowest BCUT2D eigenvalue weighted by atomic mass is 10.2. The minimum Gasteiger partial charge on any atom is -0.289 e. The van der Waals surface area contributed by atoms with Gasteiger partial charge in [-0.25, -0.2) is 0 Å². The summed E-state index contributed by atoms with van der Waals surface area (Å²) in [6.07, 6.45) is 0. The van der Waals surface area contributed by atoms with Crippen LogP contribution in [0.15, 0.2) is 24.3 Å². The molecule has 0 amide bonds. The van der Waals surface area contributed by atoms with E-state index in [1.807, 2.05) is 0 Å². The predicted octanol–water partition coefficient (Wildman–Crippen LogP) is 3.66. The maximum absolute atomic E-state index is 11.0. The third-order valence-corrected chi connectivity index (χ3v) is 1.80. The number of para-hydroxylation sites is 1. The highest BCUT2D eigenvalue weighted by Crippen LogP contribution is 2.42. The molecule has 0 N–H and O–H groups in total. The van der Waals surface area contributed by atoms with Crippen molar-refractivity contribution in [1.82, 2.24) is 0 Å². The molecule has 59 valence electrons. The van der Waals surface area contributed by atoms with Gasteiger partial charge in [0.05, 0.1) is 5.56 Å². The van der Waals surface area contributed by atoms with Crippen LogP contribution in [0.2, 0.25) is 0 Å². The van der Waals surface area contributed by atoms with Gasteiger partial charge in [-0.3, -0.25) is 5.11 Å². The van der Waals surface area contributed by atoms with E-state index in [0.29, 0.717) is 0 Å². The summed E-state index contributed by atoms with van der Waals surface area (Å²) < 4.78 is -1.61. The molecule has 11 heavy (non-hydrogen) atoms. The van der Waals surface area contributed by atoms with Crippen molar-refractivity contribution < 1.29 is 5.11 Å². The summed E-state index contributed by atoms with van der Waals surface area (Å²) in [5.74, 6) is -0.257. The van der Waals surface area contributed by atoms with Crippen LogP contribution < -0.4 is 0 Å². The van der Waals surface area contributed by atoms with Crippen molar-refractivity contribution in [1.29, 1.82) is 0 Å². The first-order valence-corrected chi connectivity index (χ1v) is 3.98. The fraction of sp³-hybridized carbons (Fsp3) is 0.143. The monoisotopic (exact) mass is 209 g/mol. The second kappa shape index (κ2) is 3.10. The number of hydrogen-bond donors (Lipinski definition) is 0. The normalized spacial score (nSPS) is 11.5. The molecule has 4 heteroatoms. The van der Waals surface area contributed by atoms with E-state index in [9.17, 15) is 5.11 Å². The Bertz CT molecular complexity index is 254. The second-order valence-corrected chi connectivity index (χ2v) is 4.28. The van der Waals surface area contributed by atoms with E-state index in [1.54, 1.807) is 12.1 Å². The Kier molecular flexibility index (Phi) is 2.53. The summed E-state index contributed by atoms with van der Waals surface area (Å²) >= 11 is 16.5. The van der Waals surface area contributed by atoms with Crippen LogP contribution in [0.3, 0.4) is 0 Å². The molecule has 0 bridgehead atoms. The molecule has 0 saturated carbocycles. The van der Waals surface area contributed by atoms with Gasteiger partial charge in [-0.1, -0.05) is 53.0 Å². The van der Waals surface area contributed by atoms with Gasteiger partial charge >= 0.3 is 0 Å². The van der Waals surface area contributed by atoms with E-state index in [0.717, 1.165) is 0 Å². The minimum atomic E-state index is -1.61. The van der Waals surface area contributed by atoms with Crippen molar-refractivity contribution in [3.8, 4) is 5.75 Å². The predicted molar refractivity (Wildman–Crippen MR) is 45.8 cm³/mol. The van der Waals surface area contributed by atoms with Gasteiger partial charge in [-0.15, -0.1) is 0 Å². The largest absolute Gasteiger partial charge is 0.289 e. The fourth-order valence-corrected chi connectivity index (χ4v) is 1.17. The molecule has 0 saturated heterocycles. The van der Waals surface area contributed by atoms with E-state index in [4.69, 9.17) is 34.8 Å². The lowest BCUT2D eigenvalue weighted by Crippen LogP contribution is -1.98. The lowest BCUT2D eigenvalue weighted by Gasteiger charge is -2.10. The lowest BCUT2D eigenvalue weighted by molar-refractivity contribution is 0.350. The molecule has 0 aliphatic heterocycles. The third-order valence-electron chi connectivity index (χ3n) is 1.19. The van der Waals surface area contributed by atoms with Crippen molar-refractivity contribution in [2.45, 2.75) is 3.79 Å². The van der Waals surface area contributed by atoms with Crippen molar-refractivity contribution in [2.75, 3.05) is 0 Å². The smallest absolute Gasteiger partial charge is 0.219 e. The van der Waals surface area contributed by atoms with Crippen LogP contribution >= 0.6 is 34.8 Å². The molecule has 0 heterocycles. The molecular formula is C7H4Cl3O. The SMILES string of the molecule is [O]c1ccccc1C(Cl)(Cl)Cl. The highest BCUT2D eigenvalue weighted by molar-refractivity contribution is 6.66. The van der Waals surface area contributed by atoms with Crippen molar-refractivity contribution in [3.05, 3.63) is 29.8 Å². The Balaban J connectivity index is 3.14. The van der Waals surface area contributed by atoms with E-state index in [-0.39, 0.29) is 11.3 Å². The summed E-state index contributed by atoms with van der Waals surface area (Å²) in [5.41, 5.74) is 0.185. The number of halogens is 3. The minimum absolute atomic E-state index is 0.185. The van der Waals surface area contributed by atoms with Gasteiger partial charge in [0.1, 0.15) is 0 Å². The van der Waals surface area contributed by atoms with Gasteiger partial charge in [0.15, 0.2) is 5.75 Å². The Morgan fingerprint density at radius 3 is 2.00 bits per heavy atom. The van der Waals surface area contributed by atoms with E-state index in [1.165, 1.54) is 12.1 Å². The topological polar surface area (TPSA) is 19.9 Å². The van der Waals surface area contributed by atoms with E-state index >= 15 is 0 Å². The van der Waals surface area contributed by atoms with Gasteiger partial charge in [-0.2, -0.15) is 0 Å². The van der Waals surface area contributed by atoms with Crippen LogP contribution in [0.4, 0.5) is 0 Å². The Morgan fingerprint density at radius 2 is 1.64 bits per heavy atom. The number of rotatable bonds is 0. The van der Waals surface area contributed by atoms with Crippen LogP contribution in [-0.2, 0) is 8.90 Å². The molecule has 1 rings (SSSR count). The molecular weight excluding hydrogens is 206 g/mol. The quantitative estimate of drug-likeness (QED) is 0.583. The highest BCUT2D eigenvalue weighted by atomic mass is 35.6. The van der Waals surface area contributed by atoms with E-state index < -0.39 is 3.79 Å². The summed E-state index contributed by atoms with van der Waals surface area (Å²) in [4.78, 5) is 0. The molecule has 0 aromatic heterocycles.